The van der Waals surface area contributed by atoms with Gasteiger partial charge in [0.15, 0.2) is 17.6 Å². The topological polar surface area (TPSA) is 116 Å². The second kappa shape index (κ2) is 8.11. The number of hydrogen-bond donors (Lipinski definition) is 2. The Kier molecular flexibility index (Phi) is 5.50. The first-order valence-electron chi connectivity index (χ1n) is 10.6. The molecule has 2 aliphatic heterocycles. The summed E-state index contributed by atoms with van der Waals surface area (Å²) in [7, 11) is -4.07. The minimum atomic E-state index is -4.07. The summed E-state index contributed by atoms with van der Waals surface area (Å²) in [6.07, 6.45) is -2.26. The fourth-order valence-electron chi connectivity index (χ4n) is 4.57. The number of anilines is 1. The fourth-order valence-corrected chi connectivity index (χ4v) is 5.40. The molecule has 192 valence electrons. The maximum atomic E-state index is 15.2. The molecule has 2 unspecified atom stereocenters. The largest absolute Gasteiger partial charge is 0.371 e. The van der Waals surface area contributed by atoms with Gasteiger partial charge < -0.3 is 14.5 Å². The Morgan fingerprint density at radius 1 is 1.22 bits per heavy atom. The second-order valence-electron chi connectivity index (χ2n) is 8.34. The molecule has 0 bridgehead atoms. The Labute approximate surface area is 200 Å². The average molecular weight is 532 g/mol. The number of carbonyl (C=O) groups is 1. The number of alkyl halides is 2. The summed E-state index contributed by atoms with van der Waals surface area (Å²) in [6.45, 7) is 0.468. The normalized spacial score (nSPS) is 23.6. The minimum absolute atomic E-state index is 0.305. The van der Waals surface area contributed by atoms with Crippen LogP contribution in [0.1, 0.15) is 6.92 Å². The van der Waals surface area contributed by atoms with E-state index in [0.29, 0.717) is 9.80 Å². The third-order valence-electron chi connectivity index (χ3n) is 6.26. The standard InChI is InChI=1S/C21H17F5N4O5S/c1-2-36(33,34)28-14-8-29-17(21(14,25)26)19(31)30(20(29)32)18-16-10(6-9(22)7-13(16)35-27-18)15-11(23)4-3-5-12(15)24/h3-7,14,17,19,28,31H,2,8H2,1H3/t14-,17?,19?/m1/s1. The van der Waals surface area contributed by atoms with Crippen molar-refractivity contribution in [3.63, 3.8) is 0 Å². The van der Waals surface area contributed by atoms with Crippen LogP contribution in [0, 0.1) is 17.5 Å². The van der Waals surface area contributed by atoms with Gasteiger partial charge in [0, 0.05) is 18.2 Å². The highest BCUT2D eigenvalue weighted by atomic mass is 32.2. The summed E-state index contributed by atoms with van der Waals surface area (Å²) in [5.41, 5.74) is -1.48. The lowest BCUT2D eigenvalue weighted by Crippen LogP contribution is -2.54. The van der Waals surface area contributed by atoms with Crippen molar-refractivity contribution in [2.45, 2.75) is 31.2 Å². The first-order chi connectivity index (χ1) is 16.9. The lowest BCUT2D eigenvalue weighted by Gasteiger charge is -2.27. The smallest absolute Gasteiger partial charge is 0.328 e. The van der Waals surface area contributed by atoms with Gasteiger partial charge in [0.2, 0.25) is 10.0 Å². The molecule has 0 spiro atoms. The second-order valence-corrected chi connectivity index (χ2v) is 10.4. The molecule has 2 amide bonds. The number of nitrogens with one attached hydrogen (secondary N) is 1. The van der Waals surface area contributed by atoms with Crippen LogP contribution in [0.15, 0.2) is 34.9 Å². The molecule has 9 nitrogen and oxygen atoms in total. The molecule has 36 heavy (non-hydrogen) atoms. The summed E-state index contributed by atoms with van der Waals surface area (Å²) < 4.78 is 104. The van der Waals surface area contributed by atoms with E-state index < -0.39 is 87.0 Å². The van der Waals surface area contributed by atoms with Gasteiger partial charge in [0.1, 0.15) is 29.5 Å². The number of sulfonamides is 1. The highest BCUT2D eigenvalue weighted by Gasteiger charge is 2.67. The number of halogens is 5. The van der Waals surface area contributed by atoms with Crippen molar-refractivity contribution < 1.29 is 44.8 Å². The molecule has 2 fully saturated rings. The molecule has 2 saturated heterocycles. The predicted octanol–water partition coefficient (Wildman–Crippen LogP) is 2.80. The lowest BCUT2D eigenvalue weighted by molar-refractivity contribution is -0.0688. The fraction of sp³-hybridized carbons (Fsp3) is 0.333. The van der Waals surface area contributed by atoms with Crippen molar-refractivity contribution in [3.8, 4) is 11.1 Å². The van der Waals surface area contributed by atoms with Crippen LogP contribution in [-0.2, 0) is 10.0 Å². The van der Waals surface area contributed by atoms with Gasteiger partial charge >= 0.3 is 6.03 Å². The SMILES string of the molecule is CCS(=O)(=O)N[C@@H]1CN2C(=O)N(c3noc4cc(F)cc(-c5c(F)cccc5F)c34)C(O)C2C1(F)F. The van der Waals surface area contributed by atoms with E-state index in [-0.39, 0.29) is 11.0 Å². The third kappa shape index (κ3) is 3.52. The molecule has 2 aliphatic rings. The van der Waals surface area contributed by atoms with Crippen LogP contribution < -0.4 is 9.62 Å². The van der Waals surface area contributed by atoms with Crippen molar-refractivity contribution >= 4 is 32.8 Å². The van der Waals surface area contributed by atoms with E-state index in [0.717, 1.165) is 30.3 Å². The maximum absolute atomic E-state index is 15.2. The Hall–Kier alpha value is -3.30. The monoisotopic (exact) mass is 532 g/mol. The van der Waals surface area contributed by atoms with E-state index in [1.54, 1.807) is 0 Å². The van der Waals surface area contributed by atoms with E-state index in [1.807, 2.05) is 4.72 Å². The van der Waals surface area contributed by atoms with Crippen molar-refractivity contribution in [1.29, 1.82) is 0 Å². The number of nitrogens with zero attached hydrogens (tertiary/aromatic N) is 3. The number of fused-ring (bicyclic) bond motifs is 2. The van der Waals surface area contributed by atoms with Crippen LogP contribution in [0.5, 0.6) is 0 Å². The zero-order chi connectivity index (χ0) is 26.2. The summed E-state index contributed by atoms with van der Waals surface area (Å²) in [5, 5.41) is 14.1. The van der Waals surface area contributed by atoms with Crippen LogP contribution >= 0.6 is 0 Å². The van der Waals surface area contributed by atoms with Gasteiger partial charge in [-0.25, -0.2) is 44.8 Å². The van der Waals surface area contributed by atoms with Gasteiger partial charge in [-0.1, -0.05) is 11.2 Å². The Morgan fingerprint density at radius 3 is 2.50 bits per heavy atom. The molecule has 2 aromatic carbocycles. The van der Waals surface area contributed by atoms with E-state index in [1.165, 1.54) is 6.92 Å². The summed E-state index contributed by atoms with van der Waals surface area (Å²) in [5.74, 6) is -8.09. The summed E-state index contributed by atoms with van der Waals surface area (Å²) in [6, 6.07) is -0.917. The van der Waals surface area contributed by atoms with Gasteiger partial charge in [-0.05, 0) is 25.1 Å². The lowest BCUT2D eigenvalue weighted by atomic mass is 9.99. The van der Waals surface area contributed by atoms with Gasteiger partial charge in [0.05, 0.1) is 16.7 Å². The van der Waals surface area contributed by atoms with Crippen LogP contribution in [0.25, 0.3) is 22.1 Å². The number of urea groups is 1. The van der Waals surface area contributed by atoms with Crippen LogP contribution in [-0.4, -0.2) is 66.1 Å². The van der Waals surface area contributed by atoms with Gasteiger partial charge in [0.25, 0.3) is 5.92 Å². The van der Waals surface area contributed by atoms with Crippen molar-refractivity contribution in [1.82, 2.24) is 14.8 Å². The Morgan fingerprint density at radius 2 is 1.89 bits per heavy atom. The van der Waals surface area contributed by atoms with Crippen molar-refractivity contribution in [2.75, 3.05) is 17.2 Å². The van der Waals surface area contributed by atoms with Gasteiger partial charge in [-0.2, -0.15) is 0 Å². The summed E-state index contributed by atoms with van der Waals surface area (Å²) in [4.78, 5) is 14.1. The van der Waals surface area contributed by atoms with Crippen molar-refractivity contribution in [3.05, 3.63) is 47.8 Å². The third-order valence-corrected chi connectivity index (χ3v) is 7.66. The van der Waals surface area contributed by atoms with E-state index >= 15 is 8.78 Å². The van der Waals surface area contributed by atoms with E-state index in [2.05, 4.69) is 5.16 Å². The first kappa shape index (κ1) is 24.4. The number of aliphatic hydroxyl groups excluding tert-OH is 1. The van der Waals surface area contributed by atoms with Crippen LogP contribution in [0.4, 0.5) is 32.6 Å². The highest BCUT2D eigenvalue weighted by molar-refractivity contribution is 7.89. The van der Waals surface area contributed by atoms with E-state index in [9.17, 15) is 31.5 Å². The highest BCUT2D eigenvalue weighted by Crippen LogP contribution is 2.46. The van der Waals surface area contributed by atoms with Gasteiger partial charge in [-0.15, -0.1) is 0 Å². The molecule has 3 heterocycles. The first-order valence-corrected chi connectivity index (χ1v) is 12.2. The number of aromatic nitrogens is 1. The molecule has 3 aromatic rings. The number of aliphatic hydroxyl groups is 1. The van der Waals surface area contributed by atoms with Gasteiger partial charge in [-0.3, -0.25) is 0 Å². The molecular formula is C21H17F5N4O5S. The average Bonchev–Trinajstić information content (AvgIpc) is 3.39. The molecule has 2 N–H and O–H groups in total. The molecule has 0 radical (unpaired) electrons. The molecular weight excluding hydrogens is 515 g/mol. The quantitative estimate of drug-likeness (QED) is 0.489. The number of hydrogen-bond acceptors (Lipinski definition) is 6. The maximum Gasteiger partial charge on any atom is 0.328 e. The Bertz CT molecular complexity index is 1480. The number of rotatable bonds is 5. The molecule has 1 aromatic heterocycles. The Balaban J connectivity index is 1.61. The number of carbonyl (C=O) groups excluding carboxylic acids is 1. The van der Waals surface area contributed by atoms with Crippen molar-refractivity contribution in [2.24, 2.45) is 0 Å². The van der Waals surface area contributed by atoms with Crippen LogP contribution in [0.2, 0.25) is 0 Å². The molecule has 0 aliphatic carbocycles. The zero-order valence-corrected chi connectivity index (χ0v) is 19.1. The predicted molar refractivity (Wildman–Crippen MR) is 115 cm³/mol. The number of amides is 2. The zero-order valence-electron chi connectivity index (χ0n) is 18.3. The molecule has 0 saturated carbocycles. The van der Waals surface area contributed by atoms with E-state index in [4.69, 9.17) is 4.52 Å². The molecule has 5 rings (SSSR count). The molecule has 3 atom stereocenters. The number of benzene rings is 2. The summed E-state index contributed by atoms with van der Waals surface area (Å²) >= 11 is 0. The molecule has 15 heteroatoms. The minimum Gasteiger partial charge on any atom is -0.371 e. The van der Waals surface area contributed by atoms with Crippen LogP contribution in [0.3, 0.4) is 0 Å².